The molecule has 0 N–H and O–H groups in total. The van der Waals surface area contributed by atoms with Crippen molar-refractivity contribution < 1.29 is 45.2 Å². The second-order valence-corrected chi connectivity index (χ2v) is 21.9. The number of unbranched alkanes of at least 4 members (excludes halogenated alkanes) is 36. The van der Waals surface area contributed by atoms with E-state index in [4.69, 9.17) is 0 Å². The summed E-state index contributed by atoms with van der Waals surface area (Å²) in [6.45, 7) is 6.79. The van der Waals surface area contributed by atoms with E-state index >= 15 is 0 Å². The predicted octanol–water partition coefficient (Wildman–Crippen LogP) is 17.6. The molecule has 0 aromatic carbocycles. The SMILES string of the molecule is CCCCCCCC/C=C\CCCCCCCC[PH](=O)[O-].CCCCCCCC/C=C\CCCCCCCC[PH](=O)[O-].CCCCCCCC/C=C\CCCCCCCC[PH](=O)[O-].[Co+3]. The summed E-state index contributed by atoms with van der Waals surface area (Å²) >= 11 is 0. The maximum absolute atomic E-state index is 10.4. The monoisotopic (exact) mass is 1000 g/mol. The van der Waals surface area contributed by atoms with Gasteiger partial charge in [-0.2, -0.15) is 0 Å². The summed E-state index contributed by atoms with van der Waals surface area (Å²) in [5, 5.41) is 0. The van der Waals surface area contributed by atoms with Crippen LogP contribution in [0.2, 0.25) is 0 Å². The molecule has 0 aliphatic carbocycles. The van der Waals surface area contributed by atoms with Crippen LogP contribution >= 0.6 is 24.1 Å². The normalized spacial score (nSPS) is 12.8. The van der Waals surface area contributed by atoms with Gasteiger partial charge in [-0.05, 0) is 115 Å². The Hall–Kier alpha value is 0.296. The predicted molar refractivity (Wildman–Crippen MR) is 280 cm³/mol. The Morgan fingerprint density at radius 1 is 0.250 bits per heavy atom. The average Bonchev–Trinajstić information content (AvgIpc) is 3.26. The van der Waals surface area contributed by atoms with Crippen molar-refractivity contribution in [3.63, 3.8) is 0 Å². The first-order chi connectivity index (χ1) is 30.8. The van der Waals surface area contributed by atoms with Crippen molar-refractivity contribution >= 4 is 24.1 Å². The third-order valence-corrected chi connectivity index (χ3v) is 14.0. The molecule has 0 aliphatic heterocycles. The molecule has 3 unspecified atom stereocenters. The van der Waals surface area contributed by atoms with Crippen molar-refractivity contribution in [1.29, 1.82) is 0 Å². The van der Waals surface area contributed by atoms with Crippen LogP contribution in [-0.2, 0) is 30.5 Å². The van der Waals surface area contributed by atoms with Crippen LogP contribution in [0, 0.1) is 0 Å². The smallest absolute Gasteiger partial charge is 0.802 e. The molecule has 10 heteroatoms. The fourth-order valence-electron chi connectivity index (χ4n) is 7.55. The van der Waals surface area contributed by atoms with E-state index in [0.29, 0.717) is 18.5 Å². The summed E-state index contributed by atoms with van der Waals surface area (Å²) in [5.74, 6) is 0. The molecule has 0 saturated heterocycles. The van der Waals surface area contributed by atoms with Crippen LogP contribution in [0.5, 0.6) is 0 Å². The van der Waals surface area contributed by atoms with E-state index in [0.717, 1.165) is 38.5 Å². The summed E-state index contributed by atoms with van der Waals surface area (Å²) in [6.07, 6.45) is 68.4. The minimum absolute atomic E-state index is 0. The Labute approximate surface area is 412 Å². The first-order valence-corrected chi connectivity index (χ1v) is 31.9. The zero-order chi connectivity index (χ0) is 46.8. The van der Waals surface area contributed by atoms with Gasteiger partial charge in [0.1, 0.15) is 0 Å². The molecule has 0 aromatic heterocycles. The summed E-state index contributed by atoms with van der Waals surface area (Å²) in [7, 11) is -7.39. The number of hydrogen-bond donors (Lipinski definition) is 0. The van der Waals surface area contributed by atoms with Crippen molar-refractivity contribution in [1.82, 2.24) is 0 Å². The first-order valence-electron chi connectivity index (χ1n) is 27.4. The van der Waals surface area contributed by atoms with Crippen LogP contribution in [0.4, 0.5) is 0 Å². The Bertz CT molecular complexity index is 886. The van der Waals surface area contributed by atoms with E-state index in [1.54, 1.807) is 0 Å². The number of hydrogen-bond acceptors (Lipinski definition) is 6. The molecule has 0 aromatic rings. The summed E-state index contributed by atoms with van der Waals surface area (Å²) in [5.41, 5.74) is 0. The standard InChI is InChI=1S/3C18H37O2P.Co/c3*1-2-3-4-5-6-7-8-9-10-11-12-13-14-15-16-17-18-21(19)20;/h3*9-10,21H,2-8,11-18H2,1H3,(H,19,20);/q;;;+3/p-3/b3*10-9-;. The third kappa shape index (κ3) is 79.4. The van der Waals surface area contributed by atoms with E-state index in [-0.39, 0.29) is 16.8 Å². The third-order valence-electron chi connectivity index (χ3n) is 11.7. The molecule has 0 heterocycles. The zero-order valence-electron chi connectivity index (χ0n) is 42.6. The van der Waals surface area contributed by atoms with E-state index in [1.165, 1.54) is 231 Å². The number of allylic oxidation sites excluding steroid dienone is 6. The van der Waals surface area contributed by atoms with Crippen LogP contribution in [0.25, 0.3) is 0 Å². The molecule has 0 saturated carbocycles. The van der Waals surface area contributed by atoms with Crippen molar-refractivity contribution in [3.8, 4) is 0 Å². The van der Waals surface area contributed by atoms with Crippen molar-refractivity contribution in [2.24, 2.45) is 0 Å². The summed E-state index contributed by atoms with van der Waals surface area (Å²) in [6, 6.07) is 0. The topological polar surface area (TPSA) is 120 Å². The molecule has 0 rings (SSSR count). The Kier molecular flexibility index (Phi) is 74.8. The minimum Gasteiger partial charge on any atom is -0.802 e. The van der Waals surface area contributed by atoms with Gasteiger partial charge >= 0.3 is 16.8 Å². The molecule has 0 radical (unpaired) electrons. The van der Waals surface area contributed by atoms with Gasteiger partial charge in [0.25, 0.3) is 0 Å². The van der Waals surface area contributed by atoms with Crippen LogP contribution in [0.15, 0.2) is 36.5 Å². The molecule has 0 fully saturated rings. The van der Waals surface area contributed by atoms with Crippen molar-refractivity contribution in [3.05, 3.63) is 36.5 Å². The van der Waals surface area contributed by atoms with Gasteiger partial charge in [-0.1, -0.05) is 231 Å². The minimum atomic E-state index is -2.46. The zero-order valence-corrected chi connectivity index (χ0v) is 46.6. The second-order valence-electron chi connectivity index (χ2n) is 18.2. The van der Waals surface area contributed by atoms with Gasteiger partial charge in [-0.25, -0.2) is 0 Å². The second kappa shape index (κ2) is 67.6. The van der Waals surface area contributed by atoms with Gasteiger partial charge in [-0.3, -0.25) is 0 Å². The maximum Gasteiger partial charge on any atom is 3.00 e. The molecule has 0 aliphatic rings. The maximum atomic E-state index is 10.4. The van der Waals surface area contributed by atoms with Gasteiger partial charge in [-0.15, -0.1) is 0 Å². The van der Waals surface area contributed by atoms with Gasteiger partial charge in [0, 0.05) is 24.1 Å². The molecule has 0 amide bonds. The van der Waals surface area contributed by atoms with Gasteiger partial charge in [0.2, 0.25) is 0 Å². The largest absolute Gasteiger partial charge is 3.00 e. The molecule has 6 nitrogen and oxygen atoms in total. The average molecular weight is 1010 g/mol. The molecule has 3 atom stereocenters. The van der Waals surface area contributed by atoms with E-state index in [9.17, 15) is 28.4 Å². The molecule has 0 spiro atoms. The quantitative estimate of drug-likeness (QED) is 0.0340. The molecular weight excluding hydrogens is 896 g/mol. The summed E-state index contributed by atoms with van der Waals surface area (Å²) in [4.78, 5) is 31.2. The molecular formula is C54H108CoO6P3. The Morgan fingerprint density at radius 2 is 0.391 bits per heavy atom. The fraction of sp³-hybridized carbons (Fsp3) is 0.889. The van der Waals surface area contributed by atoms with E-state index < -0.39 is 24.1 Å². The fourth-order valence-corrected chi connectivity index (χ4v) is 9.17. The number of rotatable bonds is 48. The first kappa shape index (κ1) is 70.9. The van der Waals surface area contributed by atoms with Crippen molar-refractivity contribution in [2.75, 3.05) is 18.5 Å². The van der Waals surface area contributed by atoms with Gasteiger partial charge < -0.3 is 28.4 Å². The van der Waals surface area contributed by atoms with Crippen LogP contribution in [0.1, 0.15) is 290 Å². The van der Waals surface area contributed by atoms with Crippen molar-refractivity contribution in [2.45, 2.75) is 290 Å². The van der Waals surface area contributed by atoms with E-state index in [1.807, 2.05) is 0 Å². The van der Waals surface area contributed by atoms with Crippen LogP contribution in [-0.4, -0.2) is 18.5 Å². The van der Waals surface area contributed by atoms with Gasteiger partial charge in [0.15, 0.2) is 0 Å². The van der Waals surface area contributed by atoms with Gasteiger partial charge in [0.05, 0.1) is 0 Å². The Balaban J connectivity index is -0.000000419. The molecule has 64 heavy (non-hydrogen) atoms. The Morgan fingerprint density at radius 3 is 0.547 bits per heavy atom. The van der Waals surface area contributed by atoms with Crippen LogP contribution < -0.4 is 14.7 Å². The summed E-state index contributed by atoms with van der Waals surface area (Å²) < 4.78 is 31.2. The van der Waals surface area contributed by atoms with Crippen LogP contribution in [0.3, 0.4) is 0 Å². The molecule has 384 valence electrons. The van der Waals surface area contributed by atoms with E-state index in [2.05, 4.69) is 57.2 Å². The molecule has 0 bridgehead atoms.